The van der Waals surface area contributed by atoms with Crippen molar-refractivity contribution in [2.75, 3.05) is 79.3 Å². The van der Waals surface area contributed by atoms with E-state index >= 15 is 0 Å². The van der Waals surface area contributed by atoms with Crippen LogP contribution in [0.25, 0.3) is 0 Å². The zero-order chi connectivity index (χ0) is 21.4. The number of benzene rings is 1. The molecule has 3 rings (SSSR count). The topological polar surface area (TPSA) is 88.3 Å². The Balaban J connectivity index is 1.55. The van der Waals surface area contributed by atoms with Crippen LogP contribution in [-0.4, -0.2) is 108 Å². The number of morpholine rings is 1. The van der Waals surface area contributed by atoms with Crippen molar-refractivity contribution in [3.63, 3.8) is 0 Å². The first-order chi connectivity index (χ1) is 14.5. The van der Waals surface area contributed by atoms with Gasteiger partial charge in [0.25, 0.3) is 0 Å². The summed E-state index contributed by atoms with van der Waals surface area (Å²) < 4.78 is 33.7. The molecule has 1 unspecified atom stereocenters. The van der Waals surface area contributed by atoms with Gasteiger partial charge in [-0.2, -0.15) is 0 Å². The molecule has 0 amide bonds. The van der Waals surface area contributed by atoms with E-state index in [1.54, 1.807) is 19.2 Å². The highest BCUT2D eigenvalue weighted by Gasteiger charge is 2.25. The largest absolute Gasteiger partial charge is 0.383 e. The highest BCUT2D eigenvalue weighted by atomic mass is 32.2. The van der Waals surface area contributed by atoms with E-state index in [1.807, 2.05) is 12.1 Å². The van der Waals surface area contributed by atoms with Crippen LogP contribution in [-0.2, 0) is 25.9 Å². The second-order valence-electron chi connectivity index (χ2n) is 8.16. The Hall–Kier alpha value is -1.07. The van der Waals surface area contributed by atoms with Gasteiger partial charge in [0.2, 0.25) is 10.0 Å². The maximum Gasteiger partial charge on any atom is 0.238 e. The van der Waals surface area contributed by atoms with Gasteiger partial charge >= 0.3 is 0 Å². The summed E-state index contributed by atoms with van der Waals surface area (Å²) >= 11 is 0. The predicted molar refractivity (Wildman–Crippen MR) is 117 cm³/mol. The smallest absolute Gasteiger partial charge is 0.238 e. The molecule has 0 bridgehead atoms. The molecule has 0 aliphatic carbocycles. The highest BCUT2D eigenvalue weighted by molar-refractivity contribution is 7.89. The third-order valence-electron chi connectivity index (χ3n) is 6.13. The summed E-state index contributed by atoms with van der Waals surface area (Å²) in [6.07, 6.45) is 1.96. The number of ether oxygens (including phenoxy) is 2. The molecule has 2 fully saturated rings. The van der Waals surface area contributed by atoms with Crippen LogP contribution in [0.1, 0.15) is 12.0 Å². The number of methoxy groups -OCH3 is 1. The molecule has 0 radical (unpaired) electrons. The molecule has 2 N–H and O–H groups in total. The molecule has 1 atom stereocenters. The number of primary sulfonamides is 1. The lowest BCUT2D eigenvalue weighted by Crippen LogP contribution is -2.53. The van der Waals surface area contributed by atoms with E-state index in [1.165, 1.54) is 0 Å². The monoisotopic (exact) mass is 440 g/mol. The summed E-state index contributed by atoms with van der Waals surface area (Å²) in [5, 5.41) is 5.21. The maximum atomic E-state index is 11.5. The van der Waals surface area contributed by atoms with Gasteiger partial charge in [0.1, 0.15) is 0 Å². The maximum absolute atomic E-state index is 11.5. The lowest BCUT2D eigenvalue weighted by atomic mass is 10.0. The van der Waals surface area contributed by atoms with E-state index in [4.69, 9.17) is 14.6 Å². The zero-order valence-electron chi connectivity index (χ0n) is 18.0. The molecular weight excluding hydrogens is 404 g/mol. The van der Waals surface area contributed by atoms with Crippen LogP contribution < -0.4 is 5.14 Å². The minimum Gasteiger partial charge on any atom is -0.383 e. The quantitative estimate of drug-likeness (QED) is 0.557. The van der Waals surface area contributed by atoms with Gasteiger partial charge in [0.15, 0.2) is 0 Å². The average molecular weight is 441 g/mol. The second kappa shape index (κ2) is 11.5. The molecular formula is C21H36N4O4S. The summed E-state index contributed by atoms with van der Waals surface area (Å²) in [6, 6.07) is 7.44. The Bertz CT molecular complexity index is 730. The Morgan fingerprint density at radius 1 is 1.03 bits per heavy atom. The molecule has 9 heteroatoms. The summed E-state index contributed by atoms with van der Waals surface area (Å²) in [7, 11) is -1.88. The molecule has 170 valence electrons. The number of hydrogen-bond donors (Lipinski definition) is 1. The van der Waals surface area contributed by atoms with Crippen LogP contribution >= 0.6 is 0 Å². The van der Waals surface area contributed by atoms with Crippen LogP contribution in [0.15, 0.2) is 29.2 Å². The summed E-state index contributed by atoms with van der Waals surface area (Å²) in [6.45, 7) is 10.8. The predicted octanol–water partition coefficient (Wildman–Crippen LogP) is 0.231. The molecule has 2 saturated heterocycles. The van der Waals surface area contributed by atoms with Gasteiger partial charge in [0, 0.05) is 65.5 Å². The van der Waals surface area contributed by atoms with E-state index in [-0.39, 0.29) is 4.90 Å². The lowest BCUT2D eigenvalue weighted by molar-refractivity contribution is 0.00111. The van der Waals surface area contributed by atoms with E-state index < -0.39 is 10.0 Å². The van der Waals surface area contributed by atoms with Crippen LogP contribution in [0.3, 0.4) is 0 Å². The molecule has 0 saturated carbocycles. The minimum absolute atomic E-state index is 0.169. The zero-order valence-corrected chi connectivity index (χ0v) is 18.9. The fourth-order valence-corrected chi connectivity index (χ4v) is 4.74. The summed E-state index contributed by atoms with van der Waals surface area (Å²) in [5.74, 6) is 0. The number of nitrogens with zero attached hydrogens (tertiary/aromatic N) is 3. The average Bonchev–Trinajstić information content (AvgIpc) is 2.76. The van der Waals surface area contributed by atoms with Gasteiger partial charge in [-0.1, -0.05) is 12.1 Å². The fraction of sp³-hybridized carbons (Fsp3) is 0.714. The number of piperazine rings is 1. The Labute approximate surface area is 181 Å². The van der Waals surface area contributed by atoms with Crippen LogP contribution in [0.2, 0.25) is 0 Å². The van der Waals surface area contributed by atoms with Gasteiger partial charge in [-0.25, -0.2) is 13.6 Å². The Kier molecular flexibility index (Phi) is 9.06. The van der Waals surface area contributed by atoms with Crippen molar-refractivity contribution >= 4 is 10.0 Å². The summed E-state index contributed by atoms with van der Waals surface area (Å²) in [5.41, 5.74) is 1.14. The van der Waals surface area contributed by atoms with Crippen molar-refractivity contribution in [2.24, 2.45) is 5.14 Å². The van der Waals surface area contributed by atoms with E-state index in [0.717, 1.165) is 90.6 Å². The van der Waals surface area contributed by atoms with E-state index in [2.05, 4.69) is 14.7 Å². The summed E-state index contributed by atoms with van der Waals surface area (Å²) in [4.78, 5) is 7.77. The molecule has 2 aliphatic rings. The van der Waals surface area contributed by atoms with Crippen molar-refractivity contribution in [3.8, 4) is 0 Å². The van der Waals surface area contributed by atoms with E-state index in [9.17, 15) is 8.42 Å². The number of aryl methyl sites for hydroxylation is 1. The van der Waals surface area contributed by atoms with Crippen molar-refractivity contribution in [1.29, 1.82) is 0 Å². The third kappa shape index (κ3) is 7.26. The molecule has 8 nitrogen and oxygen atoms in total. The van der Waals surface area contributed by atoms with Gasteiger partial charge < -0.3 is 9.47 Å². The SMILES string of the molecule is COCCN1CCN(CC(CCc2ccc(S(N)(=O)=O)cc2)N2CCOCC2)CC1. The highest BCUT2D eigenvalue weighted by Crippen LogP contribution is 2.16. The van der Waals surface area contributed by atoms with E-state index in [0.29, 0.717) is 6.04 Å². The first-order valence-electron chi connectivity index (χ1n) is 10.8. The van der Waals surface area contributed by atoms with Gasteiger partial charge in [-0.3, -0.25) is 14.7 Å². The molecule has 30 heavy (non-hydrogen) atoms. The van der Waals surface area contributed by atoms with Gasteiger partial charge in [-0.05, 0) is 30.5 Å². The first kappa shape index (κ1) is 23.6. The number of sulfonamides is 1. The molecule has 2 aliphatic heterocycles. The van der Waals surface area contributed by atoms with Crippen LogP contribution in [0.4, 0.5) is 0 Å². The van der Waals surface area contributed by atoms with Crippen LogP contribution in [0, 0.1) is 0 Å². The second-order valence-corrected chi connectivity index (χ2v) is 9.73. The molecule has 0 aromatic heterocycles. The third-order valence-corrected chi connectivity index (χ3v) is 7.05. The molecule has 1 aromatic rings. The molecule has 2 heterocycles. The van der Waals surface area contributed by atoms with Gasteiger partial charge in [-0.15, -0.1) is 0 Å². The fourth-order valence-electron chi connectivity index (χ4n) is 4.22. The van der Waals surface area contributed by atoms with Crippen molar-refractivity contribution < 1.29 is 17.9 Å². The van der Waals surface area contributed by atoms with Crippen LogP contribution in [0.5, 0.6) is 0 Å². The van der Waals surface area contributed by atoms with Crippen molar-refractivity contribution in [1.82, 2.24) is 14.7 Å². The number of rotatable bonds is 10. The lowest BCUT2D eigenvalue weighted by Gasteiger charge is -2.40. The molecule has 1 aromatic carbocycles. The minimum atomic E-state index is -3.64. The number of nitrogens with two attached hydrogens (primary N) is 1. The van der Waals surface area contributed by atoms with Gasteiger partial charge in [0.05, 0.1) is 24.7 Å². The number of hydrogen-bond acceptors (Lipinski definition) is 7. The Morgan fingerprint density at radius 2 is 1.67 bits per heavy atom. The normalized spacial score (nSPS) is 21.0. The standard InChI is InChI=1S/C21H36N4O4S/c1-28-15-12-23-8-10-24(11-9-23)18-20(25-13-16-29-17-14-25)5-2-19-3-6-21(7-4-19)30(22,26)27/h3-4,6-7,20H,2,5,8-18H2,1H3,(H2,22,26,27). The molecule has 0 spiro atoms. The Morgan fingerprint density at radius 3 is 2.27 bits per heavy atom. The first-order valence-corrected chi connectivity index (χ1v) is 12.4. The van der Waals surface area contributed by atoms with Crippen molar-refractivity contribution in [3.05, 3.63) is 29.8 Å². The van der Waals surface area contributed by atoms with Crippen molar-refractivity contribution in [2.45, 2.75) is 23.8 Å².